The summed E-state index contributed by atoms with van der Waals surface area (Å²) in [5.41, 5.74) is 2.68. The molecule has 0 unspecified atom stereocenters. The van der Waals surface area contributed by atoms with Crippen LogP contribution in [0.2, 0.25) is 0 Å². The van der Waals surface area contributed by atoms with Crippen LogP contribution in [-0.4, -0.2) is 13.0 Å². The molecule has 0 heterocycles. The summed E-state index contributed by atoms with van der Waals surface area (Å²) in [6.45, 7) is 1.81. The molecule has 1 amide bonds. The van der Waals surface area contributed by atoms with E-state index in [9.17, 15) is 4.79 Å². The van der Waals surface area contributed by atoms with Crippen molar-refractivity contribution in [1.82, 2.24) is 0 Å². The highest BCUT2D eigenvalue weighted by Gasteiger charge is 1.99. The minimum absolute atomic E-state index is 0.131. The van der Waals surface area contributed by atoms with Crippen molar-refractivity contribution in [3.8, 4) is 5.75 Å². The van der Waals surface area contributed by atoms with Gasteiger partial charge in [0.05, 0.1) is 7.11 Å². The van der Waals surface area contributed by atoms with E-state index < -0.39 is 0 Å². The lowest BCUT2D eigenvalue weighted by Crippen LogP contribution is -2.07. The first-order chi connectivity index (χ1) is 10.2. The molecular formula is C17H18N2O2. The molecule has 2 aromatic rings. The monoisotopic (exact) mass is 282 g/mol. The van der Waals surface area contributed by atoms with E-state index in [1.165, 1.54) is 6.08 Å². The number of hydrogen-bond acceptors (Lipinski definition) is 3. The van der Waals surface area contributed by atoms with Crippen LogP contribution in [0.4, 0.5) is 17.1 Å². The van der Waals surface area contributed by atoms with E-state index in [4.69, 9.17) is 4.74 Å². The third kappa shape index (κ3) is 4.38. The molecule has 2 aromatic carbocycles. The molecule has 0 fully saturated rings. The Kier molecular flexibility index (Phi) is 4.99. The summed E-state index contributed by atoms with van der Waals surface area (Å²) in [4.78, 5) is 11.4. The van der Waals surface area contributed by atoms with Gasteiger partial charge in [-0.3, -0.25) is 4.79 Å². The quantitative estimate of drug-likeness (QED) is 0.816. The number of allylic oxidation sites excluding steroid dienone is 1. The first-order valence-corrected chi connectivity index (χ1v) is 6.66. The molecule has 0 aromatic heterocycles. The SMILES string of the molecule is C/C=C/C(=O)Nc1ccc(Nc2ccc(OC)cc2)cc1. The van der Waals surface area contributed by atoms with Crippen molar-refractivity contribution in [2.45, 2.75) is 6.92 Å². The van der Waals surface area contributed by atoms with E-state index in [0.29, 0.717) is 0 Å². The number of carbonyl (C=O) groups excluding carboxylic acids is 1. The lowest BCUT2D eigenvalue weighted by molar-refractivity contribution is -0.111. The number of rotatable bonds is 5. The summed E-state index contributed by atoms with van der Waals surface area (Å²) in [6, 6.07) is 15.2. The minimum Gasteiger partial charge on any atom is -0.497 e. The highest BCUT2D eigenvalue weighted by Crippen LogP contribution is 2.21. The number of ether oxygens (including phenoxy) is 1. The van der Waals surface area contributed by atoms with E-state index in [-0.39, 0.29) is 5.91 Å². The van der Waals surface area contributed by atoms with Gasteiger partial charge in [-0.25, -0.2) is 0 Å². The Morgan fingerprint density at radius 1 is 0.952 bits per heavy atom. The van der Waals surface area contributed by atoms with E-state index in [2.05, 4.69) is 10.6 Å². The molecule has 4 nitrogen and oxygen atoms in total. The van der Waals surface area contributed by atoms with Crippen molar-refractivity contribution < 1.29 is 9.53 Å². The fraction of sp³-hybridized carbons (Fsp3) is 0.118. The first kappa shape index (κ1) is 14.7. The summed E-state index contributed by atoms with van der Waals surface area (Å²) in [7, 11) is 1.64. The van der Waals surface area contributed by atoms with Gasteiger partial charge in [-0.15, -0.1) is 0 Å². The summed E-state index contributed by atoms with van der Waals surface area (Å²) in [5.74, 6) is 0.691. The van der Waals surface area contributed by atoms with Crippen molar-refractivity contribution in [3.63, 3.8) is 0 Å². The van der Waals surface area contributed by atoms with E-state index in [1.807, 2.05) is 48.5 Å². The highest BCUT2D eigenvalue weighted by atomic mass is 16.5. The standard InChI is InChI=1S/C17H18N2O2/c1-3-4-17(20)19-15-7-5-13(6-8-15)18-14-9-11-16(21-2)12-10-14/h3-12,18H,1-2H3,(H,19,20)/b4-3+. The molecular weight excluding hydrogens is 264 g/mol. The van der Waals surface area contributed by atoms with Gasteiger partial charge in [0.25, 0.3) is 0 Å². The van der Waals surface area contributed by atoms with Crippen LogP contribution in [0, 0.1) is 0 Å². The topological polar surface area (TPSA) is 50.4 Å². The number of anilines is 3. The number of hydrogen-bond donors (Lipinski definition) is 2. The minimum atomic E-state index is -0.131. The van der Waals surface area contributed by atoms with Crippen LogP contribution in [0.5, 0.6) is 5.75 Å². The number of carbonyl (C=O) groups is 1. The Morgan fingerprint density at radius 3 is 2.00 bits per heavy atom. The van der Waals surface area contributed by atoms with Crippen LogP contribution in [-0.2, 0) is 4.79 Å². The maximum Gasteiger partial charge on any atom is 0.248 e. The molecule has 0 atom stereocenters. The van der Waals surface area contributed by atoms with Crippen LogP contribution in [0.1, 0.15) is 6.92 Å². The van der Waals surface area contributed by atoms with Gasteiger partial charge in [0, 0.05) is 17.1 Å². The number of methoxy groups -OCH3 is 1. The molecule has 0 aliphatic rings. The molecule has 0 bridgehead atoms. The molecule has 4 heteroatoms. The van der Waals surface area contributed by atoms with Crippen LogP contribution in [0.15, 0.2) is 60.7 Å². The summed E-state index contributed by atoms with van der Waals surface area (Å²) >= 11 is 0. The van der Waals surface area contributed by atoms with Crippen LogP contribution in [0.25, 0.3) is 0 Å². The molecule has 0 saturated heterocycles. The Bertz CT molecular complexity index is 616. The fourth-order valence-electron chi connectivity index (χ4n) is 1.81. The van der Waals surface area contributed by atoms with Gasteiger partial charge in [-0.2, -0.15) is 0 Å². The van der Waals surface area contributed by atoms with Crippen molar-refractivity contribution in [2.24, 2.45) is 0 Å². The number of nitrogens with one attached hydrogen (secondary N) is 2. The zero-order chi connectivity index (χ0) is 15.1. The molecule has 2 rings (SSSR count). The van der Waals surface area contributed by atoms with Gasteiger partial charge in [0.2, 0.25) is 5.91 Å². The molecule has 0 aliphatic carbocycles. The van der Waals surface area contributed by atoms with Gasteiger partial charge >= 0.3 is 0 Å². The van der Waals surface area contributed by atoms with Crippen LogP contribution < -0.4 is 15.4 Å². The smallest absolute Gasteiger partial charge is 0.248 e. The Morgan fingerprint density at radius 2 is 1.48 bits per heavy atom. The highest BCUT2D eigenvalue weighted by molar-refractivity contribution is 5.99. The molecule has 108 valence electrons. The maximum atomic E-state index is 11.4. The lowest BCUT2D eigenvalue weighted by Gasteiger charge is -2.08. The van der Waals surface area contributed by atoms with E-state index in [1.54, 1.807) is 20.1 Å². The van der Waals surface area contributed by atoms with E-state index >= 15 is 0 Å². The molecule has 0 radical (unpaired) electrons. The summed E-state index contributed by atoms with van der Waals surface area (Å²) < 4.78 is 5.12. The predicted octanol–water partition coefficient (Wildman–Crippen LogP) is 3.95. The lowest BCUT2D eigenvalue weighted by atomic mass is 10.2. The van der Waals surface area contributed by atoms with Gasteiger partial charge in [-0.05, 0) is 61.5 Å². The number of amides is 1. The largest absolute Gasteiger partial charge is 0.497 e. The molecule has 0 saturated carbocycles. The van der Waals surface area contributed by atoms with Crippen molar-refractivity contribution in [1.29, 1.82) is 0 Å². The normalized spacial score (nSPS) is 10.4. The third-order valence-electron chi connectivity index (χ3n) is 2.85. The zero-order valence-electron chi connectivity index (χ0n) is 12.1. The Hall–Kier alpha value is -2.75. The van der Waals surface area contributed by atoms with E-state index in [0.717, 1.165) is 22.8 Å². The summed E-state index contributed by atoms with van der Waals surface area (Å²) in [6.07, 6.45) is 3.19. The number of benzene rings is 2. The van der Waals surface area contributed by atoms with Gasteiger partial charge < -0.3 is 15.4 Å². The Labute approximate surface area is 124 Å². The van der Waals surface area contributed by atoms with Crippen LogP contribution in [0.3, 0.4) is 0 Å². The summed E-state index contributed by atoms with van der Waals surface area (Å²) in [5, 5.41) is 6.06. The average molecular weight is 282 g/mol. The van der Waals surface area contributed by atoms with Gasteiger partial charge in [-0.1, -0.05) is 6.08 Å². The van der Waals surface area contributed by atoms with Crippen molar-refractivity contribution in [2.75, 3.05) is 17.7 Å². The third-order valence-corrected chi connectivity index (χ3v) is 2.85. The molecule has 21 heavy (non-hydrogen) atoms. The maximum absolute atomic E-state index is 11.4. The van der Waals surface area contributed by atoms with Gasteiger partial charge in [0.1, 0.15) is 5.75 Å². The molecule has 0 spiro atoms. The van der Waals surface area contributed by atoms with Crippen molar-refractivity contribution >= 4 is 23.0 Å². The second-order valence-corrected chi connectivity index (χ2v) is 4.42. The second kappa shape index (κ2) is 7.14. The Balaban J connectivity index is 1.99. The predicted molar refractivity (Wildman–Crippen MR) is 86.2 cm³/mol. The first-order valence-electron chi connectivity index (χ1n) is 6.66. The molecule has 2 N–H and O–H groups in total. The van der Waals surface area contributed by atoms with Crippen LogP contribution >= 0.6 is 0 Å². The molecule has 0 aliphatic heterocycles. The van der Waals surface area contributed by atoms with Crippen molar-refractivity contribution in [3.05, 3.63) is 60.7 Å². The fourth-order valence-corrected chi connectivity index (χ4v) is 1.81. The second-order valence-electron chi connectivity index (χ2n) is 4.42. The van der Waals surface area contributed by atoms with Gasteiger partial charge in [0.15, 0.2) is 0 Å². The average Bonchev–Trinajstić information content (AvgIpc) is 2.50. The zero-order valence-corrected chi connectivity index (χ0v) is 12.1.